The van der Waals surface area contributed by atoms with Crippen molar-refractivity contribution in [1.82, 2.24) is 9.55 Å². The van der Waals surface area contributed by atoms with Gasteiger partial charge in [0.1, 0.15) is 18.1 Å². The Hall–Kier alpha value is -1.94. The summed E-state index contributed by atoms with van der Waals surface area (Å²) >= 11 is 3.36. The first-order valence-corrected chi connectivity index (χ1v) is 8.89. The Morgan fingerprint density at radius 2 is 2.15 bits per heavy atom. The third-order valence-electron chi connectivity index (χ3n) is 4.30. The van der Waals surface area contributed by atoms with Gasteiger partial charge in [-0.25, -0.2) is 4.79 Å². The lowest BCUT2D eigenvalue weighted by molar-refractivity contribution is -0.0459. The van der Waals surface area contributed by atoms with Crippen LogP contribution in [0.3, 0.4) is 0 Å². The number of aliphatic hydroxyl groups excluding tert-OH is 2. The van der Waals surface area contributed by atoms with Crippen LogP contribution in [0.15, 0.2) is 27.6 Å². The molecule has 4 N–H and O–H groups in total. The van der Waals surface area contributed by atoms with E-state index in [-0.39, 0.29) is 24.6 Å². The molecular weight excluding hydrogens is 406 g/mol. The zero-order valence-corrected chi connectivity index (χ0v) is 15.9. The van der Waals surface area contributed by atoms with Gasteiger partial charge in [-0.05, 0) is 47.0 Å². The van der Waals surface area contributed by atoms with Gasteiger partial charge in [-0.2, -0.15) is 4.98 Å². The second-order valence-corrected chi connectivity index (χ2v) is 7.20. The van der Waals surface area contributed by atoms with E-state index in [4.69, 9.17) is 4.74 Å². The van der Waals surface area contributed by atoms with Crippen LogP contribution in [0.1, 0.15) is 23.8 Å². The summed E-state index contributed by atoms with van der Waals surface area (Å²) in [6.07, 6.45) is -0.586. The third kappa shape index (κ3) is 3.61. The summed E-state index contributed by atoms with van der Waals surface area (Å²) < 4.78 is 7.24. The molecule has 0 bridgehead atoms. The number of ether oxygens (including phenoxy) is 1. The molecule has 1 fully saturated rings. The van der Waals surface area contributed by atoms with Crippen molar-refractivity contribution in [2.45, 2.75) is 38.7 Å². The zero-order valence-electron chi connectivity index (χ0n) is 14.3. The van der Waals surface area contributed by atoms with E-state index in [1.54, 1.807) is 13.0 Å². The highest BCUT2D eigenvalue weighted by Gasteiger charge is 2.35. The number of halogens is 1. The van der Waals surface area contributed by atoms with Gasteiger partial charge in [0.05, 0.1) is 22.9 Å². The van der Waals surface area contributed by atoms with E-state index in [1.165, 1.54) is 10.8 Å². The second-order valence-electron chi connectivity index (χ2n) is 6.35. The van der Waals surface area contributed by atoms with E-state index in [0.717, 1.165) is 5.56 Å². The molecule has 3 atom stereocenters. The van der Waals surface area contributed by atoms with Crippen LogP contribution < -0.4 is 11.0 Å². The van der Waals surface area contributed by atoms with E-state index in [9.17, 15) is 20.1 Å². The SMILES string of the molecule is Cc1cc(C)c(O)c(Nc2nc(=O)n([C@H]3C[C@H](O)[C@@H](CO)O3)cc2Br)c1. The largest absolute Gasteiger partial charge is 0.505 e. The predicted octanol–water partition coefficient (Wildman–Crippen LogP) is 1.71. The number of anilines is 2. The first-order chi connectivity index (χ1) is 12.3. The van der Waals surface area contributed by atoms with Crippen LogP contribution in [0.2, 0.25) is 0 Å². The molecule has 0 unspecified atom stereocenters. The molecule has 0 aliphatic carbocycles. The van der Waals surface area contributed by atoms with Crippen LogP contribution in [0, 0.1) is 13.8 Å². The molecule has 1 aromatic carbocycles. The van der Waals surface area contributed by atoms with Crippen molar-refractivity contribution in [1.29, 1.82) is 0 Å². The molecule has 0 amide bonds. The predicted molar refractivity (Wildman–Crippen MR) is 98.7 cm³/mol. The molecule has 2 aromatic rings. The van der Waals surface area contributed by atoms with Gasteiger partial charge < -0.3 is 25.4 Å². The molecule has 1 aromatic heterocycles. The number of phenols is 1. The van der Waals surface area contributed by atoms with Crippen molar-refractivity contribution in [3.8, 4) is 5.75 Å². The molecule has 0 saturated carbocycles. The number of hydrogen-bond donors (Lipinski definition) is 4. The maximum absolute atomic E-state index is 12.4. The van der Waals surface area contributed by atoms with Crippen LogP contribution in [-0.2, 0) is 4.74 Å². The van der Waals surface area contributed by atoms with Gasteiger partial charge in [0.15, 0.2) is 5.82 Å². The Balaban J connectivity index is 1.90. The van der Waals surface area contributed by atoms with Crippen molar-refractivity contribution in [2.24, 2.45) is 0 Å². The van der Waals surface area contributed by atoms with Gasteiger partial charge in [-0.1, -0.05) is 6.07 Å². The van der Waals surface area contributed by atoms with Crippen molar-refractivity contribution in [3.05, 3.63) is 44.4 Å². The number of rotatable bonds is 4. The summed E-state index contributed by atoms with van der Waals surface area (Å²) in [5.74, 6) is 0.338. The van der Waals surface area contributed by atoms with E-state index in [0.29, 0.717) is 15.7 Å². The Kier molecular flexibility index (Phi) is 5.33. The van der Waals surface area contributed by atoms with Crippen LogP contribution in [0.25, 0.3) is 0 Å². The molecule has 9 heteroatoms. The molecule has 2 heterocycles. The highest BCUT2D eigenvalue weighted by molar-refractivity contribution is 9.10. The number of hydrogen-bond acceptors (Lipinski definition) is 7. The lowest BCUT2D eigenvalue weighted by Crippen LogP contribution is -2.28. The fourth-order valence-electron chi connectivity index (χ4n) is 2.97. The molecule has 140 valence electrons. The summed E-state index contributed by atoms with van der Waals surface area (Å²) in [6.45, 7) is 3.36. The van der Waals surface area contributed by atoms with E-state index in [2.05, 4.69) is 26.2 Å². The quantitative estimate of drug-likeness (QED) is 0.550. The van der Waals surface area contributed by atoms with Crippen molar-refractivity contribution >= 4 is 27.4 Å². The van der Waals surface area contributed by atoms with Gasteiger partial charge in [-0.3, -0.25) is 4.57 Å². The number of aromatic nitrogens is 2. The maximum Gasteiger partial charge on any atom is 0.351 e. The summed E-state index contributed by atoms with van der Waals surface area (Å²) in [4.78, 5) is 16.4. The van der Waals surface area contributed by atoms with Crippen LogP contribution in [0.5, 0.6) is 5.75 Å². The van der Waals surface area contributed by atoms with Crippen LogP contribution in [-0.4, -0.2) is 43.7 Å². The second kappa shape index (κ2) is 7.36. The molecular formula is C17H20BrN3O5. The number of benzene rings is 1. The number of aromatic hydroxyl groups is 1. The van der Waals surface area contributed by atoms with Gasteiger partial charge in [0.25, 0.3) is 0 Å². The summed E-state index contributed by atoms with van der Waals surface area (Å²) in [6, 6.07) is 3.60. The standard InChI is InChI=1S/C17H20BrN3O5/c1-8-3-9(2)15(24)11(4-8)19-16-10(18)6-21(17(25)20-16)14-5-12(23)13(7-22)26-14/h3-4,6,12-14,22-24H,5,7H2,1-2H3,(H,19,20,25)/t12-,13+,14+/m0/s1. The topological polar surface area (TPSA) is 117 Å². The van der Waals surface area contributed by atoms with Gasteiger partial charge in [-0.15, -0.1) is 0 Å². The molecule has 3 rings (SSSR count). The Morgan fingerprint density at radius 1 is 1.42 bits per heavy atom. The molecule has 8 nitrogen and oxygen atoms in total. The third-order valence-corrected chi connectivity index (χ3v) is 4.88. The monoisotopic (exact) mass is 425 g/mol. The van der Waals surface area contributed by atoms with E-state index in [1.807, 2.05) is 13.0 Å². The lowest BCUT2D eigenvalue weighted by Gasteiger charge is -2.17. The van der Waals surface area contributed by atoms with Crippen molar-refractivity contribution in [2.75, 3.05) is 11.9 Å². The molecule has 1 saturated heterocycles. The van der Waals surface area contributed by atoms with Gasteiger partial charge in [0, 0.05) is 12.6 Å². The minimum Gasteiger partial charge on any atom is -0.505 e. The fourth-order valence-corrected chi connectivity index (χ4v) is 3.38. The smallest absolute Gasteiger partial charge is 0.351 e. The number of aryl methyl sites for hydroxylation is 2. The van der Waals surface area contributed by atoms with Gasteiger partial charge in [0.2, 0.25) is 0 Å². The highest BCUT2D eigenvalue weighted by atomic mass is 79.9. The summed E-state index contributed by atoms with van der Waals surface area (Å²) in [5.41, 5.74) is 1.53. The van der Waals surface area contributed by atoms with E-state index >= 15 is 0 Å². The van der Waals surface area contributed by atoms with Crippen LogP contribution >= 0.6 is 15.9 Å². The zero-order chi connectivity index (χ0) is 19.0. The summed E-state index contributed by atoms with van der Waals surface area (Å²) in [5, 5.41) is 32.2. The Labute approximate surface area is 158 Å². The van der Waals surface area contributed by atoms with Crippen molar-refractivity contribution in [3.63, 3.8) is 0 Å². The Bertz CT molecular complexity index is 885. The highest BCUT2D eigenvalue weighted by Crippen LogP contribution is 2.33. The number of phenolic OH excluding ortho intramolecular Hbond substituents is 1. The maximum atomic E-state index is 12.4. The summed E-state index contributed by atoms with van der Waals surface area (Å²) in [7, 11) is 0. The van der Waals surface area contributed by atoms with Crippen LogP contribution in [0.4, 0.5) is 11.5 Å². The number of aliphatic hydroxyl groups is 2. The number of nitrogens with zero attached hydrogens (tertiary/aromatic N) is 2. The van der Waals surface area contributed by atoms with Gasteiger partial charge >= 0.3 is 5.69 Å². The molecule has 0 spiro atoms. The van der Waals surface area contributed by atoms with Crippen molar-refractivity contribution < 1.29 is 20.1 Å². The fraction of sp³-hybridized carbons (Fsp3) is 0.412. The van der Waals surface area contributed by atoms with E-state index < -0.39 is 24.1 Å². The molecule has 0 radical (unpaired) electrons. The minimum atomic E-state index is -0.847. The molecule has 1 aliphatic heterocycles. The lowest BCUT2D eigenvalue weighted by atomic mass is 10.1. The number of nitrogens with one attached hydrogen (secondary N) is 1. The first-order valence-electron chi connectivity index (χ1n) is 8.10. The molecule has 26 heavy (non-hydrogen) atoms. The Morgan fingerprint density at radius 3 is 2.81 bits per heavy atom. The first kappa shape index (κ1) is 18.8. The normalized spacial score (nSPS) is 22.6. The minimum absolute atomic E-state index is 0.0847. The average Bonchev–Trinajstić information content (AvgIpc) is 2.95. The molecule has 1 aliphatic rings. The average molecular weight is 426 g/mol.